The number of carbonyl (C=O) groups excluding carboxylic acids is 1. The zero-order chi connectivity index (χ0) is 10.7. The van der Waals surface area contributed by atoms with Crippen LogP contribution in [0.5, 0.6) is 0 Å². The van der Waals surface area contributed by atoms with Crippen LogP contribution in [0.2, 0.25) is 0 Å². The molecule has 15 heavy (non-hydrogen) atoms. The molecule has 0 spiro atoms. The van der Waals surface area contributed by atoms with Gasteiger partial charge in [0.05, 0.1) is 12.1 Å². The zero-order valence-electron chi connectivity index (χ0n) is 8.40. The van der Waals surface area contributed by atoms with E-state index in [-0.39, 0.29) is 0 Å². The van der Waals surface area contributed by atoms with Crippen LogP contribution in [-0.4, -0.2) is 11.1 Å². The first-order chi connectivity index (χ1) is 7.31. The smallest absolute Gasteiger partial charge is 0.235 e. The summed E-state index contributed by atoms with van der Waals surface area (Å²) in [4.78, 5) is 18.1. The molecule has 1 heterocycles. The zero-order valence-corrected chi connectivity index (χ0v) is 8.40. The lowest BCUT2D eigenvalue weighted by atomic mass is 10.1. The van der Waals surface area contributed by atoms with Crippen molar-refractivity contribution in [2.75, 3.05) is 0 Å². The lowest BCUT2D eigenvalue weighted by molar-refractivity contribution is 0.563. The second kappa shape index (κ2) is 4.03. The number of aliphatic imine (C=N–C) groups is 1. The number of pyridine rings is 1. The summed E-state index contributed by atoms with van der Waals surface area (Å²) < 4.78 is 0. The van der Waals surface area contributed by atoms with Gasteiger partial charge in [-0.1, -0.05) is 18.2 Å². The average molecular weight is 198 g/mol. The van der Waals surface area contributed by atoms with E-state index in [9.17, 15) is 4.79 Å². The molecule has 0 atom stereocenters. The van der Waals surface area contributed by atoms with Gasteiger partial charge in [0.2, 0.25) is 6.08 Å². The summed E-state index contributed by atoms with van der Waals surface area (Å²) in [6.07, 6.45) is 1.55. The number of hydrogen-bond acceptors (Lipinski definition) is 3. The molecular formula is C12H10N2O. The maximum atomic E-state index is 10.1. The average Bonchev–Trinajstić information content (AvgIpc) is 2.25. The number of fused-ring (bicyclic) bond motifs is 1. The van der Waals surface area contributed by atoms with Gasteiger partial charge < -0.3 is 0 Å². The standard InChI is InChI=1S/C12H10N2O/c1-9-6-10(7-13-8-15)11-4-2-3-5-12(11)14-9/h2-6H,7H2,1H3. The summed E-state index contributed by atoms with van der Waals surface area (Å²) in [5.41, 5.74) is 2.89. The highest BCUT2D eigenvalue weighted by atomic mass is 16.1. The molecule has 0 radical (unpaired) electrons. The van der Waals surface area contributed by atoms with Crippen molar-refractivity contribution >= 4 is 17.0 Å². The van der Waals surface area contributed by atoms with Gasteiger partial charge in [-0.2, -0.15) is 0 Å². The summed E-state index contributed by atoms with van der Waals surface area (Å²) in [5, 5.41) is 1.04. The van der Waals surface area contributed by atoms with Gasteiger partial charge in [-0.25, -0.2) is 9.79 Å². The van der Waals surface area contributed by atoms with Crippen LogP contribution in [0.1, 0.15) is 11.3 Å². The first-order valence-corrected chi connectivity index (χ1v) is 4.70. The Balaban J connectivity index is 2.65. The van der Waals surface area contributed by atoms with Crippen LogP contribution in [0.15, 0.2) is 35.3 Å². The van der Waals surface area contributed by atoms with Crippen molar-refractivity contribution < 1.29 is 4.79 Å². The third-order valence-corrected chi connectivity index (χ3v) is 2.24. The molecule has 1 aromatic heterocycles. The maximum absolute atomic E-state index is 10.1. The van der Waals surface area contributed by atoms with Crippen molar-refractivity contribution in [3.63, 3.8) is 0 Å². The summed E-state index contributed by atoms with van der Waals surface area (Å²) in [6, 6.07) is 9.78. The van der Waals surface area contributed by atoms with Crippen LogP contribution >= 0.6 is 0 Å². The van der Waals surface area contributed by atoms with Crippen molar-refractivity contribution in [2.45, 2.75) is 13.5 Å². The molecule has 0 saturated heterocycles. The Kier molecular flexibility index (Phi) is 2.57. The largest absolute Gasteiger partial charge is 0.253 e. The van der Waals surface area contributed by atoms with E-state index >= 15 is 0 Å². The number of para-hydroxylation sites is 1. The number of hydrogen-bond donors (Lipinski definition) is 0. The fraction of sp³-hybridized carbons (Fsp3) is 0.167. The molecule has 2 aromatic rings. The van der Waals surface area contributed by atoms with E-state index in [1.165, 1.54) is 0 Å². The van der Waals surface area contributed by atoms with Crippen LogP contribution in [0.4, 0.5) is 0 Å². The number of aromatic nitrogens is 1. The Morgan fingerprint density at radius 2 is 2.20 bits per heavy atom. The van der Waals surface area contributed by atoms with Gasteiger partial charge >= 0.3 is 0 Å². The van der Waals surface area contributed by atoms with E-state index in [2.05, 4.69) is 9.98 Å². The molecule has 0 amide bonds. The van der Waals surface area contributed by atoms with Crippen LogP contribution < -0.4 is 0 Å². The van der Waals surface area contributed by atoms with Gasteiger partial charge in [0, 0.05) is 11.1 Å². The minimum atomic E-state index is 0.368. The first kappa shape index (κ1) is 9.56. The first-order valence-electron chi connectivity index (χ1n) is 4.70. The highest BCUT2D eigenvalue weighted by Gasteiger charge is 2.02. The molecule has 0 aliphatic rings. The molecule has 0 N–H and O–H groups in total. The molecule has 3 nitrogen and oxygen atoms in total. The molecule has 3 heteroatoms. The van der Waals surface area contributed by atoms with Gasteiger partial charge in [0.25, 0.3) is 0 Å². The van der Waals surface area contributed by atoms with Gasteiger partial charge in [-0.05, 0) is 24.6 Å². The number of aryl methyl sites for hydroxylation is 1. The number of benzene rings is 1. The van der Waals surface area contributed by atoms with Crippen molar-refractivity contribution in [2.24, 2.45) is 4.99 Å². The number of rotatable bonds is 2. The summed E-state index contributed by atoms with van der Waals surface area (Å²) in [5.74, 6) is 0. The monoisotopic (exact) mass is 198 g/mol. The fourth-order valence-corrected chi connectivity index (χ4v) is 1.64. The highest BCUT2D eigenvalue weighted by molar-refractivity contribution is 5.82. The molecule has 0 aliphatic heterocycles. The lowest BCUT2D eigenvalue weighted by Crippen LogP contribution is -1.90. The molecule has 2 rings (SSSR count). The van der Waals surface area contributed by atoms with Crippen molar-refractivity contribution in [1.29, 1.82) is 0 Å². The molecule has 0 aliphatic carbocycles. The molecule has 0 fully saturated rings. The van der Waals surface area contributed by atoms with Gasteiger partial charge in [0.15, 0.2) is 0 Å². The minimum Gasteiger partial charge on any atom is -0.253 e. The topological polar surface area (TPSA) is 42.3 Å². The van der Waals surface area contributed by atoms with Crippen molar-refractivity contribution in [1.82, 2.24) is 4.98 Å². The van der Waals surface area contributed by atoms with Crippen LogP contribution in [0.25, 0.3) is 10.9 Å². The Labute approximate surface area is 87.5 Å². The van der Waals surface area contributed by atoms with E-state index in [4.69, 9.17) is 0 Å². The predicted octanol–water partition coefficient (Wildman–Crippen LogP) is 2.38. The van der Waals surface area contributed by atoms with E-state index < -0.39 is 0 Å². The van der Waals surface area contributed by atoms with E-state index in [1.54, 1.807) is 6.08 Å². The Morgan fingerprint density at radius 1 is 1.40 bits per heavy atom. The van der Waals surface area contributed by atoms with Gasteiger partial charge in [-0.15, -0.1) is 0 Å². The maximum Gasteiger partial charge on any atom is 0.235 e. The molecule has 0 bridgehead atoms. The van der Waals surface area contributed by atoms with Gasteiger partial charge in [-0.3, -0.25) is 4.98 Å². The fourth-order valence-electron chi connectivity index (χ4n) is 1.64. The van der Waals surface area contributed by atoms with Crippen LogP contribution in [0.3, 0.4) is 0 Å². The molecule has 0 unspecified atom stereocenters. The second-order valence-electron chi connectivity index (χ2n) is 3.35. The number of isocyanates is 1. The molecule has 74 valence electrons. The van der Waals surface area contributed by atoms with Crippen LogP contribution in [-0.2, 0) is 11.3 Å². The van der Waals surface area contributed by atoms with Gasteiger partial charge in [0.1, 0.15) is 0 Å². The molecule has 1 aromatic carbocycles. The Morgan fingerprint density at radius 3 is 3.00 bits per heavy atom. The Hall–Kier alpha value is -1.99. The molecule has 0 saturated carbocycles. The Bertz CT molecular complexity index is 542. The summed E-state index contributed by atoms with van der Waals surface area (Å²) in [7, 11) is 0. The molecular weight excluding hydrogens is 188 g/mol. The summed E-state index contributed by atoms with van der Waals surface area (Å²) in [6.45, 7) is 2.30. The van der Waals surface area contributed by atoms with Crippen molar-refractivity contribution in [3.8, 4) is 0 Å². The van der Waals surface area contributed by atoms with Crippen LogP contribution in [0, 0.1) is 6.92 Å². The third kappa shape index (κ3) is 1.92. The normalized spacial score (nSPS) is 9.93. The lowest BCUT2D eigenvalue weighted by Gasteiger charge is -2.04. The quantitative estimate of drug-likeness (QED) is 0.549. The predicted molar refractivity (Wildman–Crippen MR) is 58.3 cm³/mol. The van der Waals surface area contributed by atoms with E-state index in [1.807, 2.05) is 37.3 Å². The van der Waals surface area contributed by atoms with Crippen molar-refractivity contribution in [3.05, 3.63) is 41.6 Å². The number of nitrogens with zero attached hydrogens (tertiary/aromatic N) is 2. The van der Waals surface area contributed by atoms with E-state index in [0.717, 1.165) is 22.2 Å². The highest BCUT2D eigenvalue weighted by Crippen LogP contribution is 2.18. The van der Waals surface area contributed by atoms with E-state index in [0.29, 0.717) is 6.54 Å². The third-order valence-electron chi connectivity index (χ3n) is 2.24. The minimum absolute atomic E-state index is 0.368. The summed E-state index contributed by atoms with van der Waals surface area (Å²) >= 11 is 0. The SMILES string of the molecule is Cc1cc(CN=C=O)c2ccccc2n1. The second-order valence-corrected chi connectivity index (χ2v) is 3.35.